The zero-order chi connectivity index (χ0) is 24.0. The second kappa shape index (κ2) is 11.0. The minimum atomic E-state index is -0.652. The smallest absolute Gasteiger partial charge is 0.326 e. The van der Waals surface area contributed by atoms with Crippen molar-refractivity contribution in [3.05, 3.63) is 64.0 Å². The van der Waals surface area contributed by atoms with Crippen LogP contribution in [0.15, 0.2) is 53.4 Å². The maximum atomic E-state index is 12.6. The molecule has 1 aliphatic heterocycles. The van der Waals surface area contributed by atoms with Gasteiger partial charge in [0.05, 0.1) is 11.0 Å². The summed E-state index contributed by atoms with van der Waals surface area (Å²) in [6, 6.07) is 13.4. The quantitative estimate of drug-likeness (QED) is 0.435. The molecular formula is C23H21ClN2O6S. The highest BCUT2D eigenvalue weighted by Gasteiger charge is 2.36. The number of ether oxygens (including phenoxy) is 2. The summed E-state index contributed by atoms with van der Waals surface area (Å²) in [5.74, 6) is -1.16. The Kier molecular flexibility index (Phi) is 8.13. The van der Waals surface area contributed by atoms with Crippen LogP contribution in [0.2, 0.25) is 5.02 Å². The summed E-state index contributed by atoms with van der Waals surface area (Å²) in [6.07, 6.45) is 1.18. The molecule has 8 nitrogen and oxygen atoms in total. The van der Waals surface area contributed by atoms with E-state index in [1.54, 1.807) is 62.4 Å². The molecule has 0 radical (unpaired) electrons. The zero-order valence-corrected chi connectivity index (χ0v) is 19.4. The van der Waals surface area contributed by atoms with E-state index in [9.17, 15) is 19.2 Å². The molecule has 0 atom stereocenters. The number of rotatable bonds is 8. The molecule has 172 valence electrons. The number of imide groups is 1. The molecule has 1 fully saturated rings. The van der Waals surface area contributed by atoms with Gasteiger partial charge in [-0.1, -0.05) is 23.7 Å². The van der Waals surface area contributed by atoms with E-state index in [-0.39, 0.29) is 23.5 Å². The van der Waals surface area contributed by atoms with Crippen LogP contribution < -0.4 is 10.1 Å². The molecule has 1 N–H and O–H groups in total. The Labute approximate surface area is 199 Å². The molecule has 0 spiro atoms. The number of thioether (sulfide) groups is 1. The van der Waals surface area contributed by atoms with Gasteiger partial charge in [0.15, 0.2) is 6.61 Å². The van der Waals surface area contributed by atoms with Crippen molar-refractivity contribution in [3.63, 3.8) is 0 Å². The van der Waals surface area contributed by atoms with E-state index >= 15 is 0 Å². The lowest BCUT2D eigenvalue weighted by atomic mass is 10.2. The predicted molar refractivity (Wildman–Crippen MR) is 126 cm³/mol. The monoisotopic (exact) mass is 488 g/mol. The number of hydrogen-bond donors (Lipinski definition) is 1. The van der Waals surface area contributed by atoms with Gasteiger partial charge in [-0.05, 0) is 73.6 Å². The summed E-state index contributed by atoms with van der Waals surface area (Å²) >= 11 is 6.56. The van der Waals surface area contributed by atoms with Gasteiger partial charge in [-0.3, -0.25) is 24.1 Å². The number of nitrogens with one attached hydrogen (secondary N) is 1. The molecule has 0 aromatic heterocycles. The Morgan fingerprint density at radius 2 is 1.88 bits per heavy atom. The summed E-state index contributed by atoms with van der Waals surface area (Å²) in [4.78, 5) is 49.7. The summed E-state index contributed by atoms with van der Waals surface area (Å²) in [7, 11) is 0. The van der Waals surface area contributed by atoms with Crippen LogP contribution in [0.1, 0.15) is 19.4 Å². The highest BCUT2D eigenvalue weighted by molar-refractivity contribution is 8.18. The molecule has 2 aromatic rings. The minimum Gasteiger partial charge on any atom is -0.484 e. The highest BCUT2D eigenvalue weighted by atomic mass is 35.5. The molecule has 1 aliphatic rings. The molecule has 0 unspecified atom stereocenters. The average Bonchev–Trinajstić information content (AvgIpc) is 3.01. The van der Waals surface area contributed by atoms with E-state index in [2.05, 4.69) is 5.32 Å². The number of hydrogen-bond acceptors (Lipinski definition) is 7. The SMILES string of the molecule is CC(C)OC(=O)CN1C(=O)S/C(=C\c2cccc(OCC(=O)Nc3ccc(Cl)cc3)c2)C1=O. The van der Waals surface area contributed by atoms with Crippen molar-refractivity contribution in [2.75, 3.05) is 18.5 Å². The van der Waals surface area contributed by atoms with Gasteiger partial charge in [0, 0.05) is 10.7 Å². The van der Waals surface area contributed by atoms with Crippen molar-refractivity contribution in [1.82, 2.24) is 4.90 Å². The van der Waals surface area contributed by atoms with Gasteiger partial charge >= 0.3 is 5.97 Å². The van der Waals surface area contributed by atoms with E-state index in [4.69, 9.17) is 21.1 Å². The maximum Gasteiger partial charge on any atom is 0.326 e. The Bertz CT molecular complexity index is 1100. The molecule has 3 amide bonds. The van der Waals surface area contributed by atoms with Crippen LogP contribution in [-0.4, -0.2) is 47.2 Å². The van der Waals surface area contributed by atoms with Crippen molar-refractivity contribution in [2.24, 2.45) is 0 Å². The van der Waals surface area contributed by atoms with E-state index in [0.717, 1.165) is 16.7 Å². The fraction of sp³-hybridized carbons (Fsp3) is 0.217. The Balaban J connectivity index is 1.60. The fourth-order valence-electron chi connectivity index (χ4n) is 2.79. The van der Waals surface area contributed by atoms with Crippen LogP contribution in [0, 0.1) is 0 Å². The maximum absolute atomic E-state index is 12.6. The molecule has 10 heteroatoms. The van der Waals surface area contributed by atoms with E-state index in [1.807, 2.05) is 0 Å². The molecule has 1 heterocycles. The number of esters is 1. The van der Waals surface area contributed by atoms with Gasteiger partial charge in [0.2, 0.25) is 0 Å². The number of carbonyl (C=O) groups is 4. The predicted octanol–water partition coefficient (Wildman–Crippen LogP) is 4.35. The third-order valence-electron chi connectivity index (χ3n) is 4.18. The molecule has 33 heavy (non-hydrogen) atoms. The van der Waals surface area contributed by atoms with Crippen LogP contribution in [0.5, 0.6) is 5.75 Å². The Morgan fingerprint density at radius 3 is 2.58 bits per heavy atom. The lowest BCUT2D eigenvalue weighted by Crippen LogP contribution is -2.35. The van der Waals surface area contributed by atoms with Crippen LogP contribution in [-0.2, 0) is 19.1 Å². The van der Waals surface area contributed by atoms with Gasteiger partial charge in [0.25, 0.3) is 17.1 Å². The molecule has 3 rings (SSSR count). The first-order valence-electron chi connectivity index (χ1n) is 9.94. The molecular weight excluding hydrogens is 468 g/mol. The van der Waals surface area contributed by atoms with Crippen LogP contribution in [0.3, 0.4) is 0 Å². The van der Waals surface area contributed by atoms with Crippen molar-refractivity contribution in [3.8, 4) is 5.75 Å². The lowest BCUT2D eigenvalue weighted by molar-refractivity contribution is -0.149. The molecule has 0 saturated carbocycles. The van der Waals surface area contributed by atoms with E-state index in [0.29, 0.717) is 22.0 Å². The number of halogens is 1. The average molecular weight is 489 g/mol. The first kappa shape index (κ1) is 24.3. The lowest BCUT2D eigenvalue weighted by Gasteiger charge is -2.13. The second-order valence-electron chi connectivity index (χ2n) is 7.22. The van der Waals surface area contributed by atoms with Crippen molar-refractivity contribution in [1.29, 1.82) is 0 Å². The number of amides is 3. The third-order valence-corrected chi connectivity index (χ3v) is 5.34. The fourth-order valence-corrected chi connectivity index (χ4v) is 3.75. The van der Waals surface area contributed by atoms with Gasteiger partial charge in [-0.15, -0.1) is 0 Å². The summed E-state index contributed by atoms with van der Waals surface area (Å²) in [5.41, 5.74) is 1.19. The number of anilines is 1. The summed E-state index contributed by atoms with van der Waals surface area (Å²) < 4.78 is 10.5. The minimum absolute atomic E-state index is 0.176. The van der Waals surface area contributed by atoms with E-state index in [1.165, 1.54) is 6.08 Å². The third kappa shape index (κ3) is 7.10. The van der Waals surface area contributed by atoms with Crippen molar-refractivity contribution in [2.45, 2.75) is 20.0 Å². The molecule has 2 aromatic carbocycles. The van der Waals surface area contributed by atoms with Gasteiger partial charge in [0.1, 0.15) is 12.3 Å². The first-order valence-corrected chi connectivity index (χ1v) is 11.1. The standard InChI is InChI=1S/C23H21ClN2O6S/c1-14(2)32-21(28)12-26-22(29)19(33-23(26)30)11-15-4-3-5-18(10-15)31-13-20(27)25-17-8-6-16(24)7-9-17/h3-11,14H,12-13H2,1-2H3,(H,25,27)/b19-11-. The summed E-state index contributed by atoms with van der Waals surface area (Å²) in [6.45, 7) is 2.70. The highest BCUT2D eigenvalue weighted by Crippen LogP contribution is 2.32. The topological polar surface area (TPSA) is 102 Å². The van der Waals surface area contributed by atoms with Gasteiger partial charge in [-0.2, -0.15) is 0 Å². The largest absolute Gasteiger partial charge is 0.484 e. The number of carbonyl (C=O) groups excluding carboxylic acids is 4. The normalized spacial score (nSPS) is 14.7. The molecule has 0 aliphatic carbocycles. The van der Waals surface area contributed by atoms with Crippen LogP contribution in [0.4, 0.5) is 10.5 Å². The second-order valence-corrected chi connectivity index (χ2v) is 8.65. The Hall–Kier alpha value is -3.30. The summed E-state index contributed by atoms with van der Waals surface area (Å²) in [5, 5.41) is 2.71. The zero-order valence-electron chi connectivity index (χ0n) is 17.9. The van der Waals surface area contributed by atoms with Gasteiger partial charge in [-0.25, -0.2) is 0 Å². The Morgan fingerprint density at radius 1 is 1.15 bits per heavy atom. The number of nitrogens with zero attached hydrogens (tertiary/aromatic N) is 1. The van der Waals surface area contributed by atoms with Crippen LogP contribution >= 0.6 is 23.4 Å². The van der Waals surface area contributed by atoms with Crippen molar-refractivity contribution >= 4 is 58.1 Å². The number of benzene rings is 2. The van der Waals surface area contributed by atoms with Crippen LogP contribution in [0.25, 0.3) is 6.08 Å². The van der Waals surface area contributed by atoms with E-state index < -0.39 is 23.7 Å². The first-order chi connectivity index (χ1) is 15.7. The van der Waals surface area contributed by atoms with Crippen molar-refractivity contribution < 1.29 is 28.7 Å². The molecule has 0 bridgehead atoms. The van der Waals surface area contributed by atoms with Gasteiger partial charge < -0.3 is 14.8 Å². The molecule has 1 saturated heterocycles.